The number of fused-ring (bicyclic) bond motifs is 1. The van der Waals surface area contributed by atoms with Crippen LogP contribution < -0.4 is 10.9 Å². The number of hydrogen-bond donors (Lipinski definition) is 1. The third-order valence-corrected chi connectivity index (χ3v) is 4.26. The molecule has 0 spiro atoms. The molecule has 0 fully saturated rings. The molecule has 1 N–H and O–H groups in total. The van der Waals surface area contributed by atoms with Gasteiger partial charge in [0.25, 0.3) is 5.56 Å². The van der Waals surface area contributed by atoms with Gasteiger partial charge in [0.1, 0.15) is 0 Å². The fourth-order valence-corrected chi connectivity index (χ4v) is 3.00. The summed E-state index contributed by atoms with van der Waals surface area (Å²) in [6, 6.07) is 2.45. The number of aromatic nitrogens is 1. The second-order valence-corrected chi connectivity index (χ2v) is 6.45. The van der Waals surface area contributed by atoms with Crippen LogP contribution in [0.2, 0.25) is 0 Å². The summed E-state index contributed by atoms with van der Waals surface area (Å²) >= 11 is 0. The lowest BCUT2D eigenvalue weighted by molar-refractivity contribution is 0.488. The maximum absolute atomic E-state index is 12.7. The minimum absolute atomic E-state index is 0.219. The Morgan fingerprint density at radius 1 is 1.30 bits per heavy atom. The Morgan fingerprint density at radius 2 is 2.05 bits per heavy atom. The number of hydrogen-bond acceptors (Lipinski definition) is 2. The van der Waals surface area contributed by atoms with Crippen molar-refractivity contribution in [1.82, 2.24) is 9.88 Å². The molecule has 1 aromatic heterocycles. The van der Waals surface area contributed by atoms with Crippen LogP contribution in [-0.4, -0.2) is 11.1 Å². The van der Waals surface area contributed by atoms with Gasteiger partial charge in [-0.2, -0.15) is 0 Å². The van der Waals surface area contributed by atoms with Crippen molar-refractivity contribution in [3.8, 4) is 0 Å². The quantitative estimate of drug-likeness (QED) is 0.866. The topological polar surface area (TPSA) is 34.0 Å². The van der Waals surface area contributed by atoms with Crippen molar-refractivity contribution in [2.24, 2.45) is 5.92 Å². The highest BCUT2D eigenvalue weighted by Crippen LogP contribution is 2.24. The van der Waals surface area contributed by atoms with E-state index in [1.54, 1.807) is 0 Å². The van der Waals surface area contributed by atoms with E-state index in [1.807, 2.05) is 0 Å². The lowest BCUT2D eigenvalue weighted by atomic mass is 10.1. The molecule has 112 valence electrons. The zero-order chi connectivity index (χ0) is 14.7. The third-order valence-electron chi connectivity index (χ3n) is 4.26. The van der Waals surface area contributed by atoms with Crippen LogP contribution in [0.15, 0.2) is 10.9 Å². The number of aryl methyl sites for hydroxylation is 1. The van der Waals surface area contributed by atoms with Crippen molar-refractivity contribution in [3.05, 3.63) is 33.2 Å². The van der Waals surface area contributed by atoms with Gasteiger partial charge in [-0.25, -0.2) is 0 Å². The standard InChI is InChI=1S/C17H28N2O/c1-5-13(4)19-16-8-6-7-14(16)9-15(17(19)20)11-18-10-12(2)3/h9,12-13,18H,5-8,10-11H2,1-4H3. The molecule has 2 rings (SSSR count). The summed E-state index contributed by atoms with van der Waals surface area (Å²) in [5.41, 5.74) is 3.84. The van der Waals surface area contributed by atoms with Crippen molar-refractivity contribution in [3.63, 3.8) is 0 Å². The molecule has 1 atom stereocenters. The van der Waals surface area contributed by atoms with Gasteiger partial charge in [0.05, 0.1) is 0 Å². The van der Waals surface area contributed by atoms with Crippen molar-refractivity contribution < 1.29 is 0 Å². The predicted molar refractivity (Wildman–Crippen MR) is 84.3 cm³/mol. The van der Waals surface area contributed by atoms with E-state index >= 15 is 0 Å². The molecule has 0 radical (unpaired) electrons. The smallest absolute Gasteiger partial charge is 0.255 e. The van der Waals surface area contributed by atoms with Gasteiger partial charge in [0, 0.05) is 23.8 Å². The Labute approximate surface area is 122 Å². The Morgan fingerprint density at radius 3 is 2.70 bits per heavy atom. The molecular formula is C17H28N2O. The molecule has 0 saturated heterocycles. The Balaban J connectivity index is 2.32. The van der Waals surface area contributed by atoms with E-state index in [0.29, 0.717) is 18.5 Å². The molecule has 1 aliphatic carbocycles. The molecular weight excluding hydrogens is 248 g/mol. The molecule has 0 aliphatic heterocycles. The maximum Gasteiger partial charge on any atom is 0.255 e. The van der Waals surface area contributed by atoms with Crippen LogP contribution in [0.25, 0.3) is 0 Å². The molecule has 1 aliphatic rings. The summed E-state index contributed by atoms with van der Waals surface area (Å²) in [6.45, 7) is 10.3. The van der Waals surface area contributed by atoms with Crippen LogP contribution >= 0.6 is 0 Å². The molecule has 0 amide bonds. The number of pyridine rings is 1. The van der Waals surface area contributed by atoms with Crippen molar-refractivity contribution in [2.45, 2.75) is 66.0 Å². The first-order valence-electron chi connectivity index (χ1n) is 8.01. The zero-order valence-corrected chi connectivity index (χ0v) is 13.3. The molecule has 0 aromatic carbocycles. The Hall–Kier alpha value is -1.09. The molecule has 1 unspecified atom stereocenters. The summed E-state index contributed by atoms with van der Waals surface area (Å²) in [7, 11) is 0. The van der Waals surface area contributed by atoms with E-state index in [1.165, 1.54) is 17.7 Å². The summed E-state index contributed by atoms with van der Waals surface area (Å²) in [5.74, 6) is 0.612. The first-order valence-corrected chi connectivity index (χ1v) is 8.01. The number of nitrogens with zero attached hydrogens (tertiary/aromatic N) is 1. The second kappa shape index (κ2) is 6.57. The summed E-state index contributed by atoms with van der Waals surface area (Å²) in [6.07, 6.45) is 4.39. The van der Waals surface area contributed by atoms with Gasteiger partial charge >= 0.3 is 0 Å². The number of rotatable bonds is 6. The predicted octanol–water partition coefficient (Wildman–Crippen LogP) is 3.05. The highest BCUT2D eigenvalue weighted by molar-refractivity contribution is 5.31. The van der Waals surface area contributed by atoms with Crippen molar-refractivity contribution in [1.29, 1.82) is 0 Å². The van der Waals surface area contributed by atoms with Gasteiger partial charge in [-0.1, -0.05) is 20.8 Å². The third kappa shape index (κ3) is 3.14. The molecule has 1 aromatic rings. The minimum Gasteiger partial charge on any atom is -0.312 e. The van der Waals surface area contributed by atoms with Crippen LogP contribution in [0, 0.1) is 5.92 Å². The maximum atomic E-state index is 12.7. The first-order chi connectivity index (χ1) is 9.54. The van der Waals surface area contributed by atoms with E-state index in [0.717, 1.165) is 31.4 Å². The molecule has 0 saturated carbocycles. The average molecular weight is 276 g/mol. The van der Waals surface area contributed by atoms with E-state index < -0.39 is 0 Å². The molecule has 3 heteroatoms. The molecule has 0 bridgehead atoms. The fourth-order valence-electron chi connectivity index (χ4n) is 3.00. The van der Waals surface area contributed by atoms with Crippen LogP contribution in [0.1, 0.15) is 63.4 Å². The summed E-state index contributed by atoms with van der Waals surface area (Å²) < 4.78 is 2.06. The fraction of sp³-hybridized carbons (Fsp3) is 0.706. The normalized spacial score (nSPS) is 15.7. The summed E-state index contributed by atoms with van der Waals surface area (Å²) in [5, 5.41) is 3.40. The average Bonchev–Trinajstić information content (AvgIpc) is 2.85. The van der Waals surface area contributed by atoms with Gasteiger partial charge < -0.3 is 9.88 Å². The van der Waals surface area contributed by atoms with Crippen molar-refractivity contribution >= 4 is 0 Å². The second-order valence-electron chi connectivity index (χ2n) is 6.45. The van der Waals surface area contributed by atoms with Crippen molar-refractivity contribution in [2.75, 3.05) is 6.54 Å². The minimum atomic E-state index is 0.219. The van der Waals surface area contributed by atoms with Crippen LogP contribution in [0.5, 0.6) is 0 Å². The zero-order valence-electron chi connectivity index (χ0n) is 13.3. The molecule has 1 heterocycles. The monoisotopic (exact) mass is 276 g/mol. The highest BCUT2D eigenvalue weighted by Gasteiger charge is 2.21. The molecule has 3 nitrogen and oxygen atoms in total. The lowest BCUT2D eigenvalue weighted by Crippen LogP contribution is -2.32. The first kappa shape index (κ1) is 15.3. The van der Waals surface area contributed by atoms with E-state index in [4.69, 9.17) is 0 Å². The van der Waals surface area contributed by atoms with Crippen LogP contribution in [0.4, 0.5) is 0 Å². The largest absolute Gasteiger partial charge is 0.312 e. The van der Waals surface area contributed by atoms with E-state index in [2.05, 4.69) is 43.6 Å². The Kier molecular flexibility index (Phi) is 5.03. The Bertz CT molecular complexity index is 516. The number of nitrogens with one attached hydrogen (secondary N) is 1. The van der Waals surface area contributed by atoms with Crippen LogP contribution in [0.3, 0.4) is 0 Å². The van der Waals surface area contributed by atoms with Gasteiger partial charge in [0.15, 0.2) is 0 Å². The van der Waals surface area contributed by atoms with Gasteiger partial charge in [-0.05, 0) is 56.7 Å². The van der Waals surface area contributed by atoms with E-state index in [-0.39, 0.29) is 5.56 Å². The van der Waals surface area contributed by atoms with Crippen LogP contribution in [-0.2, 0) is 19.4 Å². The van der Waals surface area contributed by atoms with Gasteiger partial charge in [0.2, 0.25) is 0 Å². The SMILES string of the molecule is CCC(C)n1c2c(cc(CNCC(C)C)c1=O)CCC2. The molecule has 20 heavy (non-hydrogen) atoms. The lowest BCUT2D eigenvalue weighted by Gasteiger charge is -2.20. The summed E-state index contributed by atoms with van der Waals surface area (Å²) in [4.78, 5) is 12.7. The highest BCUT2D eigenvalue weighted by atomic mass is 16.1. The van der Waals surface area contributed by atoms with E-state index in [9.17, 15) is 4.79 Å². The van der Waals surface area contributed by atoms with Gasteiger partial charge in [-0.3, -0.25) is 4.79 Å². The van der Waals surface area contributed by atoms with Gasteiger partial charge in [-0.15, -0.1) is 0 Å².